The third-order valence-electron chi connectivity index (χ3n) is 7.56. The molecule has 0 bridgehead atoms. The molecular formula is C32H22Cl2N6O7S2. The lowest BCUT2D eigenvalue weighted by atomic mass is 9.95. The number of esters is 1. The zero-order valence-corrected chi connectivity index (χ0v) is 28.6. The van der Waals surface area contributed by atoms with E-state index in [1.165, 1.54) is 10.6 Å². The van der Waals surface area contributed by atoms with Gasteiger partial charge >= 0.3 is 5.97 Å². The molecule has 2 aliphatic rings. The lowest BCUT2D eigenvalue weighted by molar-refractivity contribution is -0.387. The Bertz CT molecular complexity index is 2400. The van der Waals surface area contributed by atoms with Gasteiger partial charge in [0.1, 0.15) is 0 Å². The average Bonchev–Trinajstić information content (AvgIpc) is 3.80. The highest BCUT2D eigenvalue weighted by Gasteiger charge is 2.34. The molecule has 0 radical (unpaired) electrons. The molecule has 0 saturated heterocycles. The average molecular weight is 738 g/mol. The largest absolute Gasteiger partial charge is 0.463 e. The van der Waals surface area contributed by atoms with Gasteiger partial charge in [0.05, 0.1) is 43.3 Å². The molecule has 49 heavy (non-hydrogen) atoms. The number of aromatic nitrogens is 4. The highest BCUT2D eigenvalue weighted by atomic mass is 35.5. The second kappa shape index (κ2) is 13.2. The Balaban J connectivity index is 1.26. The summed E-state index contributed by atoms with van der Waals surface area (Å²) in [5.74, 6) is 0.809. The normalized spacial score (nSPS) is 15.3. The molecule has 4 heterocycles. The maximum absolute atomic E-state index is 14.0. The standard InChI is InChI=1S/C32H22Cl2N6O7S2/c1-3-45-30(42)26-15(2)35-32-39(27(26)17-5-8-22-23(12-17)47-14-46-22)29(41)25(49-32)11-16-4-9-24(21(10-16)40(43)44)48-31-36-28(37-38-31)19-7-6-18(33)13-20(19)34/h4-13,27H,3,14H2,1-2H3,(H,36,37,38)/b25-11+/t27-/m0/s1. The molecule has 1 N–H and O–H groups in total. The summed E-state index contributed by atoms with van der Waals surface area (Å²) >= 11 is 14.4. The number of nitrogens with one attached hydrogen (secondary N) is 1. The molecule has 248 valence electrons. The molecule has 3 aromatic carbocycles. The van der Waals surface area contributed by atoms with Gasteiger partial charge in [0.15, 0.2) is 22.1 Å². The summed E-state index contributed by atoms with van der Waals surface area (Å²) in [6.07, 6.45) is 1.55. The molecule has 5 aromatic rings. The van der Waals surface area contributed by atoms with Gasteiger partial charge in [-0.05, 0) is 79.2 Å². The first-order valence-electron chi connectivity index (χ1n) is 14.5. The molecule has 2 aromatic heterocycles. The minimum absolute atomic E-state index is 0.0576. The van der Waals surface area contributed by atoms with E-state index < -0.39 is 22.5 Å². The van der Waals surface area contributed by atoms with Crippen LogP contribution in [0.25, 0.3) is 17.5 Å². The first-order chi connectivity index (χ1) is 23.6. The van der Waals surface area contributed by atoms with Gasteiger partial charge in [-0.1, -0.05) is 46.7 Å². The minimum atomic E-state index is -0.867. The smallest absolute Gasteiger partial charge is 0.338 e. The van der Waals surface area contributed by atoms with Crippen molar-refractivity contribution >= 4 is 64.0 Å². The van der Waals surface area contributed by atoms with E-state index in [2.05, 4.69) is 20.2 Å². The van der Waals surface area contributed by atoms with Crippen LogP contribution in [0.5, 0.6) is 11.5 Å². The maximum atomic E-state index is 14.0. The molecule has 0 unspecified atom stereocenters. The fourth-order valence-electron chi connectivity index (χ4n) is 5.39. The number of carbonyl (C=O) groups excluding carboxylic acids is 1. The van der Waals surface area contributed by atoms with Crippen molar-refractivity contribution in [2.75, 3.05) is 13.4 Å². The number of H-pyrrole nitrogens is 1. The third kappa shape index (κ3) is 6.21. The van der Waals surface area contributed by atoms with Crippen LogP contribution in [0.1, 0.15) is 31.0 Å². The number of aromatic amines is 1. The molecule has 7 rings (SSSR count). The Morgan fingerprint density at radius 3 is 2.78 bits per heavy atom. The molecule has 1 atom stereocenters. The number of nitro benzene ring substituents is 1. The van der Waals surface area contributed by atoms with Crippen molar-refractivity contribution in [3.8, 4) is 22.9 Å². The first-order valence-corrected chi connectivity index (χ1v) is 16.9. The Hall–Kier alpha value is -4.96. The van der Waals surface area contributed by atoms with E-state index in [9.17, 15) is 19.7 Å². The van der Waals surface area contributed by atoms with Gasteiger partial charge in [0.25, 0.3) is 11.2 Å². The molecule has 0 saturated carbocycles. The van der Waals surface area contributed by atoms with E-state index in [4.69, 9.17) is 37.4 Å². The Kier molecular flexibility index (Phi) is 8.75. The summed E-state index contributed by atoms with van der Waals surface area (Å²) in [5, 5.41) is 20.2. The second-order valence-electron chi connectivity index (χ2n) is 10.6. The fourth-order valence-corrected chi connectivity index (χ4v) is 7.73. The number of hydrogen-bond acceptors (Lipinski definition) is 12. The summed E-state index contributed by atoms with van der Waals surface area (Å²) in [6.45, 7) is 3.57. The topological polar surface area (TPSA) is 164 Å². The van der Waals surface area contributed by atoms with Gasteiger partial charge < -0.3 is 14.2 Å². The van der Waals surface area contributed by atoms with Crippen molar-refractivity contribution < 1.29 is 23.9 Å². The summed E-state index contributed by atoms with van der Waals surface area (Å²) in [7, 11) is 0. The number of halogens is 2. The quantitative estimate of drug-likeness (QED) is 0.119. The van der Waals surface area contributed by atoms with Crippen molar-refractivity contribution in [2.45, 2.75) is 29.9 Å². The SMILES string of the molecule is CCOC(=O)C1=C(C)N=c2s/c(=C/c3ccc(Sc4n[nH]c(-c5ccc(Cl)cc5Cl)n4)c([N+](=O)[O-])c3)c(=O)n2[C@H]1c1ccc2c(c1)OCO2. The first kappa shape index (κ1) is 32.6. The molecule has 2 aliphatic heterocycles. The summed E-state index contributed by atoms with van der Waals surface area (Å²) < 4.78 is 18.1. The van der Waals surface area contributed by atoms with Crippen molar-refractivity contribution in [1.82, 2.24) is 19.7 Å². The Labute approximate surface area is 294 Å². The highest BCUT2D eigenvalue weighted by molar-refractivity contribution is 7.99. The fraction of sp³-hybridized carbons (Fsp3) is 0.156. The third-order valence-corrected chi connectivity index (χ3v) is 10.0. The van der Waals surface area contributed by atoms with E-state index in [-0.39, 0.29) is 39.2 Å². The lowest BCUT2D eigenvalue weighted by Gasteiger charge is -2.24. The van der Waals surface area contributed by atoms with Crippen molar-refractivity contribution in [3.63, 3.8) is 0 Å². The Morgan fingerprint density at radius 1 is 1.18 bits per heavy atom. The number of carbonyl (C=O) groups is 1. The van der Waals surface area contributed by atoms with Gasteiger partial charge in [-0.2, -0.15) is 0 Å². The predicted octanol–water partition coefficient (Wildman–Crippen LogP) is 5.68. The van der Waals surface area contributed by atoms with E-state index in [0.29, 0.717) is 54.6 Å². The zero-order valence-electron chi connectivity index (χ0n) is 25.4. The molecular weight excluding hydrogens is 715 g/mol. The van der Waals surface area contributed by atoms with Gasteiger partial charge in [-0.25, -0.2) is 14.8 Å². The second-order valence-corrected chi connectivity index (χ2v) is 13.5. The number of allylic oxidation sites excluding steroid dienone is 1. The van der Waals surface area contributed by atoms with Crippen LogP contribution in [0, 0.1) is 10.1 Å². The number of benzene rings is 3. The van der Waals surface area contributed by atoms with Crippen molar-refractivity contribution in [3.05, 3.63) is 117 Å². The summed E-state index contributed by atoms with van der Waals surface area (Å²) in [4.78, 5) is 48.5. The zero-order chi connectivity index (χ0) is 34.4. The Morgan fingerprint density at radius 2 is 2.00 bits per heavy atom. The number of hydrogen-bond donors (Lipinski definition) is 1. The molecule has 13 nitrogen and oxygen atoms in total. The number of nitrogens with zero attached hydrogens (tertiary/aromatic N) is 5. The van der Waals surface area contributed by atoms with Crippen LogP contribution in [0.15, 0.2) is 85.7 Å². The van der Waals surface area contributed by atoms with E-state index in [1.807, 2.05) is 0 Å². The van der Waals surface area contributed by atoms with Gasteiger partial charge in [-0.15, -0.1) is 5.10 Å². The van der Waals surface area contributed by atoms with Crippen LogP contribution in [-0.4, -0.2) is 44.0 Å². The van der Waals surface area contributed by atoms with Crippen molar-refractivity contribution in [1.29, 1.82) is 0 Å². The molecule has 0 aliphatic carbocycles. The van der Waals surface area contributed by atoms with Crippen LogP contribution < -0.4 is 24.4 Å². The number of fused-ring (bicyclic) bond motifs is 2. The lowest BCUT2D eigenvalue weighted by Crippen LogP contribution is -2.39. The highest BCUT2D eigenvalue weighted by Crippen LogP contribution is 2.39. The van der Waals surface area contributed by atoms with Crippen LogP contribution >= 0.6 is 46.3 Å². The maximum Gasteiger partial charge on any atom is 0.338 e. The molecule has 0 amide bonds. The number of rotatable bonds is 8. The minimum Gasteiger partial charge on any atom is -0.463 e. The predicted molar refractivity (Wildman–Crippen MR) is 182 cm³/mol. The number of nitro groups is 1. The van der Waals surface area contributed by atoms with Crippen LogP contribution in [0.4, 0.5) is 5.69 Å². The van der Waals surface area contributed by atoms with E-state index in [0.717, 1.165) is 23.1 Å². The van der Waals surface area contributed by atoms with Crippen LogP contribution in [0.3, 0.4) is 0 Å². The van der Waals surface area contributed by atoms with Crippen LogP contribution in [-0.2, 0) is 9.53 Å². The van der Waals surface area contributed by atoms with Crippen molar-refractivity contribution in [2.24, 2.45) is 4.99 Å². The monoisotopic (exact) mass is 736 g/mol. The summed E-state index contributed by atoms with van der Waals surface area (Å²) in [5.41, 5.74) is 1.55. The van der Waals surface area contributed by atoms with Gasteiger partial charge in [0.2, 0.25) is 11.9 Å². The number of thiazole rings is 1. The van der Waals surface area contributed by atoms with E-state index >= 15 is 0 Å². The number of ether oxygens (including phenoxy) is 3. The van der Waals surface area contributed by atoms with Gasteiger partial charge in [-0.3, -0.25) is 24.6 Å². The van der Waals surface area contributed by atoms with Crippen LogP contribution in [0.2, 0.25) is 10.0 Å². The van der Waals surface area contributed by atoms with E-state index in [1.54, 1.807) is 68.5 Å². The summed E-state index contributed by atoms with van der Waals surface area (Å²) in [6, 6.07) is 13.9. The molecule has 0 fully saturated rings. The molecule has 17 heteroatoms. The van der Waals surface area contributed by atoms with Gasteiger partial charge in [0, 0.05) is 16.7 Å². The molecule has 0 spiro atoms.